The fourth-order valence-corrected chi connectivity index (χ4v) is 2.70. The largest absolute Gasteiger partial charge is 0.238 e. The zero-order valence-corrected chi connectivity index (χ0v) is 11.2. The number of pyridine rings is 1. The molecule has 0 fully saturated rings. The summed E-state index contributed by atoms with van der Waals surface area (Å²) in [6.07, 6.45) is 8.73. The van der Waals surface area contributed by atoms with Gasteiger partial charge in [-0.25, -0.2) is 4.52 Å². The standard InChI is InChI=1S/C16H18N2/c1-11-6-4-5-7-15(11)14-8-13(3)18-16(9-14)12(2)10-17-18/h4,6,8-10H,5,7H2,1-3H3. The van der Waals surface area contributed by atoms with Gasteiger partial charge in [-0.1, -0.05) is 12.2 Å². The quantitative estimate of drug-likeness (QED) is 0.732. The van der Waals surface area contributed by atoms with Gasteiger partial charge in [-0.2, -0.15) is 5.10 Å². The van der Waals surface area contributed by atoms with E-state index in [2.05, 4.69) is 50.2 Å². The van der Waals surface area contributed by atoms with Gasteiger partial charge < -0.3 is 0 Å². The Kier molecular flexibility index (Phi) is 2.58. The van der Waals surface area contributed by atoms with Crippen LogP contribution in [0.5, 0.6) is 0 Å². The zero-order chi connectivity index (χ0) is 12.7. The second kappa shape index (κ2) is 4.13. The van der Waals surface area contributed by atoms with E-state index in [1.54, 1.807) is 0 Å². The molecule has 0 N–H and O–H groups in total. The Hall–Kier alpha value is -1.83. The third kappa shape index (κ3) is 1.69. The number of fused-ring (bicyclic) bond motifs is 1. The van der Waals surface area contributed by atoms with Crippen LogP contribution in [-0.2, 0) is 0 Å². The third-order valence-corrected chi connectivity index (χ3v) is 3.74. The van der Waals surface area contributed by atoms with Crippen LogP contribution in [0.2, 0.25) is 0 Å². The summed E-state index contributed by atoms with van der Waals surface area (Å²) in [6, 6.07) is 4.52. The van der Waals surface area contributed by atoms with E-state index in [4.69, 9.17) is 0 Å². The van der Waals surface area contributed by atoms with Gasteiger partial charge in [0.1, 0.15) is 0 Å². The average molecular weight is 238 g/mol. The molecule has 2 heteroatoms. The highest BCUT2D eigenvalue weighted by atomic mass is 15.2. The van der Waals surface area contributed by atoms with Crippen molar-refractivity contribution in [3.05, 3.63) is 52.9 Å². The summed E-state index contributed by atoms with van der Waals surface area (Å²) in [5.41, 5.74) is 7.88. The van der Waals surface area contributed by atoms with Crippen molar-refractivity contribution < 1.29 is 0 Å². The summed E-state index contributed by atoms with van der Waals surface area (Å²) < 4.78 is 2.02. The Balaban J connectivity index is 2.24. The Morgan fingerprint density at radius 2 is 2.00 bits per heavy atom. The number of rotatable bonds is 1. The Labute approximate surface area is 108 Å². The number of allylic oxidation sites excluding steroid dienone is 4. The average Bonchev–Trinajstić information content (AvgIpc) is 2.72. The van der Waals surface area contributed by atoms with Crippen LogP contribution in [0.15, 0.2) is 36.1 Å². The van der Waals surface area contributed by atoms with Crippen LogP contribution >= 0.6 is 0 Å². The molecule has 92 valence electrons. The van der Waals surface area contributed by atoms with E-state index in [0.29, 0.717) is 0 Å². The van der Waals surface area contributed by atoms with Gasteiger partial charge in [-0.05, 0) is 68.0 Å². The molecule has 0 bridgehead atoms. The molecule has 3 rings (SSSR count). The van der Waals surface area contributed by atoms with E-state index >= 15 is 0 Å². The molecule has 0 amide bonds. The number of nitrogens with zero attached hydrogens (tertiary/aromatic N) is 2. The highest BCUT2D eigenvalue weighted by Gasteiger charge is 2.11. The lowest BCUT2D eigenvalue weighted by molar-refractivity contribution is 0.911. The van der Waals surface area contributed by atoms with Crippen LogP contribution in [0, 0.1) is 13.8 Å². The Morgan fingerprint density at radius 3 is 2.78 bits per heavy atom. The van der Waals surface area contributed by atoms with E-state index in [1.807, 2.05) is 10.7 Å². The first kappa shape index (κ1) is 11.3. The van der Waals surface area contributed by atoms with Crippen molar-refractivity contribution in [2.24, 2.45) is 0 Å². The zero-order valence-electron chi connectivity index (χ0n) is 11.2. The molecule has 0 radical (unpaired) electrons. The highest BCUT2D eigenvalue weighted by molar-refractivity contribution is 5.75. The molecule has 0 unspecified atom stereocenters. The monoisotopic (exact) mass is 238 g/mol. The summed E-state index contributed by atoms with van der Waals surface area (Å²) in [4.78, 5) is 0. The van der Waals surface area contributed by atoms with Crippen LogP contribution in [0.25, 0.3) is 11.1 Å². The maximum atomic E-state index is 4.41. The summed E-state index contributed by atoms with van der Waals surface area (Å²) in [6.45, 7) is 6.44. The van der Waals surface area contributed by atoms with Crippen molar-refractivity contribution in [3.8, 4) is 0 Å². The maximum Gasteiger partial charge on any atom is 0.0699 e. The summed E-state index contributed by atoms with van der Waals surface area (Å²) in [7, 11) is 0. The van der Waals surface area contributed by atoms with Crippen LogP contribution in [0.3, 0.4) is 0 Å². The lowest BCUT2D eigenvalue weighted by atomic mass is 9.92. The van der Waals surface area contributed by atoms with E-state index < -0.39 is 0 Å². The van der Waals surface area contributed by atoms with E-state index in [1.165, 1.54) is 33.5 Å². The first-order valence-corrected chi connectivity index (χ1v) is 6.48. The van der Waals surface area contributed by atoms with Gasteiger partial charge in [-0.3, -0.25) is 0 Å². The topological polar surface area (TPSA) is 17.3 Å². The minimum absolute atomic E-state index is 1.14. The van der Waals surface area contributed by atoms with Crippen molar-refractivity contribution in [2.75, 3.05) is 0 Å². The van der Waals surface area contributed by atoms with Crippen LogP contribution in [0.1, 0.15) is 36.6 Å². The molecule has 0 aliphatic heterocycles. The van der Waals surface area contributed by atoms with Gasteiger partial charge in [0.25, 0.3) is 0 Å². The smallest absolute Gasteiger partial charge is 0.0699 e. The van der Waals surface area contributed by atoms with Gasteiger partial charge in [0.05, 0.1) is 11.7 Å². The fraction of sp³-hybridized carbons (Fsp3) is 0.312. The molecule has 0 atom stereocenters. The molecule has 2 aromatic rings. The first-order valence-electron chi connectivity index (χ1n) is 6.48. The van der Waals surface area contributed by atoms with Crippen molar-refractivity contribution >= 4 is 11.1 Å². The summed E-state index contributed by atoms with van der Waals surface area (Å²) in [5, 5.41) is 4.41. The second-order valence-electron chi connectivity index (χ2n) is 5.11. The van der Waals surface area contributed by atoms with E-state index in [9.17, 15) is 0 Å². The first-order chi connectivity index (χ1) is 8.66. The minimum atomic E-state index is 1.14. The van der Waals surface area contributed by atoms with Crippen molar-refractivity contribution in [1.29, 1.82) is 0 Å². The number of hydrogen-bond acceptors (Lipinski definition) is 1. The molecule has 0 saturated carbocycles. The Morgan fingerprint density at radius 1 is 1.17 bits per heavy atom. The number of hydrogen-bond donors (Lipinski definition) is 0. The molecule has 2 aromatic heterocycles. The lowest BCUT2D eigenvalue weighted by Crippen LogP contribution is -1.98. The van der Waals surface area contributed by atoms with Gasteiger partial charge >= 0.3 is 0 Å². The predicted molar refractivity (Wildman–Crippen MR) is 75.6 cm³/mol. The molecular weight excluding hydrogens is 220 g/mol. The molecule has 2 heterocycles. The Bertz CT molecular complexity index is 672. The predicted octanol–water partition coefficient (Wildman–Crippen LogP) is 4.07. The van der Waals surface area contributed by atoms with E-state index in [0.717, 1.165) is 12.8 Å². The molecule has 1 aliphatic carbocycles. The minimum Gasteiger partial charge on any atom is -0.238 e. The normalized spacial score (nSPS) is 15.7. The second-order valence-corrected chi connectivity index (χ2v) is 5.11. The van der Waals surface area contributed by atoms with Gasteiger partial charge in [-0.15, -0.1) is 0 Å². The SMILES string of the molecule is CC1=C(c2cc(C)n3ncc(C)c3c2)CCC=C1. The fourth-order valence-electron chi connectivity index (χ4n) is 2.70. The van der Waals surface area contributed by atoms with Gasteiger partial charge in [0, 0.05) is 5.69 Å². The van der Waals surface area contributed by atoms with Crippen LogP contribution in [-0.4, -0.2) is 9.61 Å². The van der Waals surface area contributed by atoms with Gasteiger partial charge in [0.15, 0.2) is 0 Å². The molecule has 0 spiro atoms. The van der Waals surface area contributed by atoms with Gasteiger partial charge in [0.2, 0.25) is 0 Å². The molecule has 0 aromatic carbocycles. The van der Waals surface area contributed by atoms with E-state index in [-0.39, 0.29) is 0 Å². The maximum absolute atomic E-state index is 4.41. The number of aryl methyl sites for hydroxylation is 2. The molecular formula is C16H18N2. The lowest BCUT2D eigenvalue weighted by Gasteiger charge is -2.15. The summed E-state index contributed by atoms with van der Waals surface area (Å²) in [5.74, 6) is 0. The van der Waals surface area contributed by atoms with Crippen LogP contribution in [0.4, 0.5) is 0 Å². The van der Waals surface area contributed by atoms with Crippen molar-refractivity contribution in [2.45, 2.75) is 33.6 Å². The van der Waals surface area contributed by atoms with Crippen molar-refractivity contribution in [3.63, 3.8) is 0 Å². The highest BCUT2D eigenvalue weighted by Crippen LogP contribution is 2.30. The molecule has 18 heavy (non-hydrogen) atoms. The molecule has 1 aliphatic rings. The molecule has 2 nitrogen and oxygen atoms in total. The molecule has 0 saturated heterocycles. The number of aromatic nitrogens is 2. The third-order valence-electron chi connectivity index (χ3n) is 3.74. The summed E-state index contributed by atoms with van der Waals surface area (Å²) >= 11 is 0. The van der Waals surface area contributed by atoms with Crippen LogP contribution < -0.4 is 0 Å². The van der Waals surface area contributed by atoms with Crippen molar-refractivity contribution in [1.82, 2.24) is 9.61 Å².